The van der Waals surface area contributed by atoms with Crippen molar-refractivity contribution in [2.24, 2.45) is 0 Å². The predicted molar refractivity (Wildman–Crippen MR) is 106 cm³/mol. The summed E-state index contributed by atoms with van der Waals surface area (Å²) in [6.45, 7) is 0. The number of benzene rings is 3. The first kappa shape index (κ1) is 15.6. The fourth-order valence-electron chi connectivity index (χ4n) is 3.37. The van der Waals surface area contributed by atoms with Crippen molar-refractivity contribution in [3.8, 4) is 33.8 Å². The van der Waals surface area contributed by atoms with Crippen LogP contribution in [-0.4, -0.2) is 14.4 Å². The second-order valence-electron chi connectivity index (χ2n) is 6.41. The van der Waals surface area contributed by atoms with Gasteiger partial charge in [0.15, 0.2) is 0 Å². The van der Waals surface area contributed by atoms with Gasteiger partial charge < -0.3 is 4.98 Å². The summed E-state index contributed by atoms with van der Waals surface area (Å²) in [5.41, 5.74) is 5.93. The molecule has 0 aliphatic carbocycles. The lowest BCUT2D eigenvalue weighted by atomic mass is 10.0. The number of H-pyrrole nitrogens is 1. The molecule has 5 aromatic rings. The van der Waals surface area contributed by atoms with Crippen LogP contribution in [0.2, 0.25) is 0 Å². The number of rotatable bonds is 3. The lowest BCUT2D eigenvalue weighted by molar-refractivity contribution is 0.628. The van der Waals surface area contributed by atoms with Crippen molar-refractivity contribution < 1.29 is 4.39 Å². The van der Waals surface area contributed by atoms with Gasteiger partial charge in [0.1, 0.15) is 5.82 Å². The lowest BCUT2D eigenvalue weighted by Crippen LogP contribution is -1.87. The maximum Gasteiger partial charge on any atom is 0.212 e. The fraction of sp³-hybridized carbons (Fsp3) is 0. The number of aromatic amines is 1. The van der Waals surface area contributed by atoms with Crippen molar-refractivity contribution in [3.63, 3.8) is 0 Å². The molecule has 0 saturated heterocycles. The Morgan fingerprint density at radius 2 is 1.33 bits per heavy atom. The minimum Gasteiger partial charge on any atom is -0.323 e. The summed E-state index contributed by atoms with van der Waals surface area (Å²) in [5, 5.41) is 0. The van der Waals surface area contributed by atoms with Gasteiger partial charge in [-0.1, -0.05) is 60.7 Å². The third kappa shape index (κ3) is 2.72. The Hall–Kier alpha value is -3.66. The first-order valence-electron chi connectivity index (χ1n) is 8.77. The highest BCUT2D eigenvalue weighted by Gasteiger charge is 2.18. The predicted octanol–water partition coefficient (Wildman–Crippen LogP) is 5.80. The molecule has 3 aromatic carbocycles. The molecule has 2 aromatic heterocycles. The van der Waals surface area contributed by atoms with Crippen LogP contribution < -0.4 is 0 Å². The summed E-state index contributed by atoms with van der Waals surface area (Å²) in [6.07, 6.45) is 2.02. The Morgan fingerprint density at radius 1 is 0.704 bits per heavy atom. The number of hydrogen-bond donors (Lipinski definition) is 1. The summed E-state index contributed by atoms with van der Waals surface area (Å²) in [6, 6.07) is 26.8. The van der Waals surface area contributed by atoms with Crippen molar-refractivity contribution in [2.75, 3.05) is 0 Å². The maximum absolute atomic E-state index is 13.2. The molecule has 2 heterocycles. The molecule has 0 aliphatic rings. The van der Waals surface area contributed by atoms with Gasteiger partial charge in [-0.05, 0) is 29.8 Å². The van der Waals surface area contributed by atoms with Crippen LogP contribution in [0.1, 0.15) is 0 Å². The summed E-state index contributed by atoms with van der Waals surface area (Å²) >= 11 is 0. The van der Waals surface area contributed by atoms with E-state index in [2.05, 4.69) is 33.7 Å². The highest BCUT2D eigenvalue weighted by atomic mass is 19.1. The highest BCUT2D eigenvalue weighted by Crippen LogP contribution is 2.34. The van der Waals surface area contributed by atoms with Crippen LogP contribution in [0, 0.1) is 5.82 Å². The summed E-state index contributed by atoms with van der Waals surface area (Å²) in [4.78, 5) is 8.22. The van der Waals surface area contributed by atoms with E-state index in [0.29, 0.717) is 0 Å². The second kappa shape index (κ2) is 6.25. The van der Waals surface area contributed by atoms with E-state index in [1.54, 1.807) is 12.1 Å². The minimum atomic E-state index is -0.244. The van der Waals surface area contributed by atoms with Gasteiger partial charge in [0.2, 0.25) is 5.78 Å². The number of fused-ring (bicyclic) bond motifs is 1. The topological polar surface area (TPSA) is 33.1 Å². The average Bonchev–Trinajstić information content (AvgIpc) is 3.28. The van der Waals surface area contributed by atoms with Gasteiger partial charge in [0.05, 0.1) is 17.1 Å². The SMILES string of the molecule is Fc1ccc(-c2cn3c(-c4ccccc4)c(-c4ccccc4)nc3[nH]2)cc1. The van der Waals surface area contributed by atoms with Crippen LogP contribution in [0.15, 0.2) is 91.1 Å². The smallest absolute Gasteiger partial charge is 0.212 e. The molecule has 0 fully saturated rings. The normalized spacial score (nSPS) is 11.1. The van der Waals surface area contributed by atoms with Gasteiger partial charge >= 0.3 is 0 Å². The van der Waals surface area contributed by atoms with E-state index < -0.39 is 0 Å². The number of aromatic nitrogens is 3. The number of imidazole rings is 2. The molecular formula is C23H16FN3. The Bertz CT molecular complexity index is 1200. The molecule has 0 radical (unpaired) electrons. The third-order valence-corrected chi connectivity index (χ3v) is 4.67. The van der Waals surface area contributed by atoms with E-state index in [9.17, 15) is 4.39 Å². The van der Waals surface area contributed by atoms with Crippen molar-refractivity contribution >= 4 is 5.78 Å². The Labute approximate surface area is 155 Å². The van der Waals surface area contributed by atoms with E-state index in [0.717, 1.165) is 39.5 Å². The number of nitrogens with zero attached hydrogens (tertiary/aromatic N) is 2. The molecule has 4 heteroatoms. The van der Waals surface area contributed by atoms with Gasteiger partial charge in [-0.2, -0.15) is 0 Å². The molecule has 0 aliphatic heterocycles. The summed E-state index contributed by atoms with van der Waals surface area (Å²) < 4.78 is 15.3. The molecule has 0 bridgehead atoms. The monoisotopic (exact) mass is 353 g/mol. The molecule has 0 atom stereocenters. The standard InChI is InChI=1S/C23H16FN3/c24-19-13-11-16(12-14-19)20-15-27-22(18-9-5-2-6-10-18)21(26-23(27)25-20)17-7-3-1-4-8-17/h1-15H,(H,25,26). The maximum atomic E-state index is 13.2. The minimum absolute atomic E-state index is 0.244. The molecular weight excluding hydrogens is 337 g/mol. The molecule has 27 heavy (non-hydrogen) atoms. The van der Waals surface area contributed by atoms with E-state index in [1.165, 1.54) is 12.1 Å². The number of hydrogen-bond acceptors (Lipinski definition) is 1. The van der Waals surface area contributed by atoms with Crippen LogP contribution in [-0.2, 0) is 0 Å². The van der Waals surface area contributed by atoms with Gasteiger partial charge in [-0.15, -0.1) is 0 Å². The molecule has 0 unspecified atom stereocenters. The summed E-state index contributed by atoms with van der Waals surface area (Å²) in [7, 11) is 0. The van der Waals surface area contributed by atoms with E-state index >= 15 is 0 Å². The quantitative estimate of drug-likeness (QED) is 0.437. The van der Waals surface area contributed by atoms with E-state index in [4.69, 9.17) is 4.98 Å². The van der Waals surface area contributed by atoms with Crippen molar-refractivity contribution in [1.29, 1.82) is 0 Å². The van der Waals surface area contributed by atoms with Crippen molar-refractivity contribution in [3.05, 3.63) is 96.9 Å². The van der Waals surface area contributed by atoms with Crippen LogP contribution in [0.3, 0.4) is 0 Å². The average molecular weight is 353 g/mol. The first-order valence-corrected chi connectivity index (χ1v) is 8.77. The molecule has 0 spiro atoms. The summed E-state index contributed by atoms with van der Waals surface area (Å²) in [5.74, 6) is 0.512. The van der Waals surface area contributed by atoms with Gasteiger partial charge in [-0.3, -0.25) is 4.40 Å². The van der Waals surface area contributed by atoms with Crippen LogP contribution >= 0.6 is 0 Å². The third-order valence-electron chi connectivity index (χ3n) is 4.67. The number of nitrogens with one attached hydrogen (secondary N) is 1. The Kier molecular flexibility index (Phi) is 3.61. The highest BCUT2D eigenvalue weighted by molar-refractivity contribution is 5.82. The first-order chi connectivity index (χ1) is 13.3. The Morgan fingerprint density at radius 3 is 2.00 bits per heavy atom. The molecule has 0 saturated carbocycles. The van der Waals surface area contributed by atoms with Crippen molar-refractivity contribution in [2.45, 2.75) is 0 Å². The zero-order valence-corrected chi connectivity index (χ0v) is 14.4. The molecule has 3 nitrogen and oxygen atoms in total. The van der Waals surface area contributed by atoms with Crippen LogP contribution in [0.5, 0.6) is 0 Å². The molecule has 1 N–H and O–H groups in total. The largest absolute Gasteiger partial charge is 0.323 e. The zero-order valence-electron chi connectivity index (χ0n) is 14.4. The van der Waals surface area contributed by atoms with Gasteiger partial charge in [0.25, 0.3) is 0 Å². The Balaban J connectivity index is 1.74. The zero-order chi connectivity index (χ0) is 18.2. The number of halogens is 1. The van der Waals surface area contributed by atoms with Gasteiger partial charge in [0, 0.05) is 17.3 Å². The lowest BCUT2D eigenvalue weighted by Gasteiger charge is -2.05. The van der Waals surface area contributed by atoms with Crippen molar-refractivity contribution in [1.82, 2.24) is 14.4 Å². The van der Waals surface area contributed by atoms with Crippen LogP contribution in [0.25, 0.3) is 39.5 Å². The molecule has 0 amide bonds. The molecule has 130 valence electrons. The van der Waals surface area contributed by atoms with Gasteiger partial charge in [-0.25, -0.2) is 9.37 Å². The van der Waals surface area contributed by atoms with E-state index in [1.807, 2.05) is 42.6 Å². The molecule has 5 rings (SSSR count). The fourth-order valence-corrected chi connectivity index (χ4v) is 3.37. The van der Waals surface area contributed by atoms with Crippen LogP contribution in [0.4, 0.5) is 4.39 Å². The second-order valence-corrected chi connectivity index (χ2v) is 6.41. The van der Waals surface area contributed by atoms with E-state index in [-0.39, 0.29) is 5.82 Å².